The first-order valence-corrected chi connectivity index (χ1v) is 10.2. The molecule has 27 heavy (non-hydrogen) atoms. The number of hydrogen-bond acceptors (Lipinski definition) is 3. The molecular formula is C21H15ClN2O2S. The molecule has 134 valence electrons. The van der Waals surface area contributed by atoms with Crippen molar-refractivity contribution in [3.63, 3.8) is 0 Å². The van der Waals surface area contributed by atoms with Crippen LogP contribution in [0.2, 0.25) is 5.02 Å². The molecule has 1 aliphatic heterocycles. The molecule has 0 N–H and O–H groups in total. The van der Waals surface area contributed by atoms with E-state index >= 15 is 0 Å². The van der Waals surface area contributed by atoms with Crippen molar-refractivity contribution in [1.29, 1.82) is 5.26 Å². The second kappa shape index (κ2) is 6.73. The van der Waals surface area contributed by atoms with Crippen molar-refractivity contribution in [2.75, 3.05) is 4.31 Å². The van der Waals surface area contributed by atoms with Crippen molar-refractivity contribution in [1.82, 2.24) is 0 Å². The van der Waals surface area contributed by atoms with Gasteiger partial charge in [-0.25, -0.2) is 8.42 Å². The Balaban J connectivity index is 1.98. The summed E-state index contributed by atoms with van der Waals surface area (Å²) in [6.07, 6.45) is 0.0537. The van der Waals surface area contributed by atoms with Gasteiger partial charge >= 0.3 is 0 Å². The molecule has 4 nitrogen and oxygen atoms in total. The van der Waals surface area contributed by atoms with Crippen LogP contribution in [-0.4, -0.2) is 8.42 Å². The maximum absolute atomic E-state index is 13.5. The van der Waals surface area contributed by atoms with Crippen molar-refractivity contribution < 1.29 is 8.42 Å². The zero-order valence-corrected chi connectivity index (χ0v) is 15.8. The summed E-state index contributed by atoms with van der Waals surface area (Å²) in [5.41, 5.74) is 3.19. The average Bonchev–Trinajstić information content (AvgIpc) is 2.68. The van der Waals surface area contributed by atoms with Crippen LogP contribution in [0.1, 0.15) is 18.0 Å². The number of hydrogen-bond donors (Lipinski definition) is 0. The van der Waals surface area contributed by atoms with Gasteiger partial charge in [-0.1, -0.05) is 54.1 Å². The van der Waals surface area contributed by atoms with Crippen LogP contribution in [0.5, 0.6) is 0 Å². The van der Waals surface area contributed by atoms with Crippen molar-refractivity contribution in [3.8, 4) is 17.2 Å². The fourth-order valence-corrected chi connectivity index (χ4v) is 5.29. The molecule has 6 heteroatoms. The van der Waals surface area contributed by atoms with Crippen molar-refractivity contribution in [2.24, 2.45) is 0 Å². The number of fused-ring (bicyclic) bond motifs is 3. The molecule has 0 aliphatic carbocycles. The number of sulfonamides is 1. The number of rotatable bonds is 3. The molecule has 3 aromatic rings. The molecular weight excluding hydrogens is 380 g/mol. The Morgan fingerprint density at radius 3 is 2.26 bits per heavy atom. The lowest BCUT2D eigenvalue weighted by atomic mass is 9.88. The van der Waals surface area contributed by atoms with Crippen LogP contribution in [0.15, 0.2) is 77.7 Å². The minimum absolute atomic E-state index is 0.0537. The summed E-state index contributed by atoms with van der Waals surface area (Å²) >= 11 is 5.92. The molecule has 1 aliphatic rings. The third-order valence-corrected chi connectivity index (χ3v) is 6.78. The predicted octanol–water partition coefficient (Wildman–Crippen LogP) is 5.17. The van der Waals surface area contributed by atoms with Crippen LogP contribution in [0, 0.1) is 11.3 Å². The highest BCUT2D eigenvalue weighted by Crippen LogP contribution is 2.48. The molecule has 0 amide bonds. The topological polar surface area (TPSA) is 61.2 Å². The Morgan fingerprint density at radius 2 is 1.56 bits per heavy atom. The molecule has 0 bridgehead atoms. The van der Waals surface area contributed by atoms with E-state index in [4.69, 9.17) is 11.6 Å². The molecule has 1 atom stereocenters. The Kier molecular flexibility index (Phi) is 4.39. The fraction of sp³-hybridized carbons (Fsp3) is 0.0952. The summed E-state index contributed by atoms with van der Waals surface area (Å²) in [5, 5.41) is 9.86. The minimum Gasteiger partial charge on any atom is -0.257 e. The highest BCUT2D eigenvalue weighted by molar-refractivity contribution is 7.92. The average molecular weight is 395 g/mol. The van der Waals surface area contributed by atoms with Crippen LogP contribution in [0.4, 0.5) is 5.69 Å². The third-order valence-electron chi connectivity index (χ3n) is 4.69. The first-order chi connectivity index (χ1) is 13.0. The minimum atomic E-state index is -3.88. The van der Waals surface area contributed by atoms with Gasteiger partial charge in [0.1, 0.15) is 0 Å². The molecule has 1 heterocycles. The van der Waals surface area contributed by atoms with Gasteiger partial charge in [0, 0.05) is 10.6 Å². The zero-order chi connectivity index (χ0) is 19.0. The molecule has 0 radical (unpaired) electrons. The van der Waals surface area contributed by atoms with E-state index in [2.05, 4.69) is 6.07 Å². The van der Waals surface area contributed by atoms with Gasteiger partial charge in [0.15, 0.2) is 0 Å². The van der Waals surface area contributed by atoms with Gasteiger partial charge in [0.2, 0.25) is 0 Å². The maximum atomic E-state index is 13.5. The van der Waals surface area contributed by atoms with Gasteiger partial charge in [-0.2, -0.15) is 5.26 Å². The van der Waals surface area contributed by atoms with E-state index in [0.29, 0.717) is 10.7 Å². The Labute approximate surface area is 163 Å². The number of nitriles is 1. The number of halogens is 1. The number of anilines is 1. The standard InChI is InChI=1S/C21H15ClN2O2S/c22-15-9-11-16(12-10-15)27(25,26)24-20-8-4-3-7-18(20)17-5-1-2-6-19(17)21(24)13-14-23/h1-12,21H,13H2. The summed E-state index contributed by atoms with van der Waals surface area (Å²) in [5.74, 6) is 0. The number of nitrogens with zero attached hydrogens (tertiary/aromatic N) is 2. The van der Waals surface area contributed by atoms with Crippen molar-refractivity contribution in [2.45, 2.75) is 17.4 Å². The zero-order valence-electron chi connectivity index (χ0n) is 14.2. The second-order valence-corrected chi connectivity index (χ2v) is 8.49. The van der Waals surface area contributed by atoms with E-state index in [1.165, 1.54) is 16.4 Å². The monoisotopic (exact) mass is 394 g/mol. The highest BCUT2D eigenvalue weighted by atomic mass is 35.5. The van der Waals surface area contributed by atoms with Crippen LogP contribution in [0.3, 0.4) is 0 Å². The molecule has 0 fully saturated rings. The lowest BCUT2D eigenvalue weighted by Crippen LogP contribution is -2.37. The molecule has 0 saturated carbocycles. The number of benzene rings is 3. The van der Waals surface area contributed by atoms with Gasteiger partial charge in [0.05, 0.1) is 29.1 Å². The Hall–Kier alpha value is -2.81. The van der Waals surface area contributed by atoms with Crippen LogP contribution in [0.25, 0.3) is 11.1 Å². The van der Waals surface area contributed by atoms with Crippen LogP contribution in [-0.2, 0) is 10.0 Å². The predicted molar refractivity (Wildman–Crippen MR) is 106 cm³/mol. The Morgan fingerprint density at radius 1 is 0.926 bits per heavy atom. The normalized spacial score (nSPS) is 15.6. The van der Waals surface area contributed by atoms with E-state index < -0.39 is 16.1 Å². The lowest BCUT2D eigenvalue weighted by molar-refractivity contribution is 0.578. The fourth-order valence-electron chi connectivity index (χ4n) is 3.52. The smallest absolute Gasteiger partial charge is 0.257 e. The summed E-state index contributed by atoms with van der Waals surface area (Å²) in [6.45, 7) is 0. The first-order valence-electron chi connectivity index (χ1n) is 8.39. The quantitative estimate of drug-likeness (QED) is 0.615. The largest absolute Gasteiger partial charge is 0.264 e. The summed E-state index contributed by atoms with van der Waals surface area (Å²) in [7, 11) is -3.88. The van der Waals surface area contributed by atoms with Gasteiger partial charge in [-0.3, -0.25) is 4.31 Å². The Bertz CT molecular complexity index is 1150. The SMILES string of the molecule is N#CCC1c2ccccc2-c2ccccc2N1S(=O)(=O)c1ccc(Cl)cc1. The van der Waals surface area contributed by atoms with E-state index in [9.17, 15) is 13.7 Å². The van der Waals surface area contributed by atoms with Crippen LogP contribution >= 0.6 is 11.6 Å². The molecule has 0 aromatic heterocycles. The summed E-state index contributed by atoms with van der Waals surface area (Å²) in [6, 6.07) is 22.6. The maximum Gasteiger partial charge on any atom is 0.264 e. The van der Waals surface area contributed by atoms with E-state index in [1.807, 2.05) is 36.4 Å². The summed E-state index contributed by atoms with van der Waals surface area (Å²) < 4.78 is 28.4. The highest BCUT2D eigenvalue weighted by Gasteiger charge is 2.38. The van der Waals surface area contributed by atoms with Gasteiger partial charge in [0.25, 0.3) is 10.0 Å². The molecule has 1 unspecified atom stereocenters. The summed E-state index contributed by atoms with van der Waals surface area (Å²) in [4.78, 5) is 0.143. The first kappa shape index (κ1) is 17.6. The number of para-hydroxylation sites is 1. The molecule has 3 aromatic carbocycles. The van der Waals surface area contributed by atoms with E-state index in [1.54, 1.807) is 24.3 Å². The van der Waals surface area contributed by atoms with Crippen molar-refractivity contribution >= 4 is 27.3 Å². The lowest BCUT2D eigenvalue weighted by Gasteiger charge is -2.38. The van der Waals surface area contributed by atoms with Gasteiger partial charge < -0.3 is 0 Å². The molecule has 0 saturated heterocycles. The second-order valence-electron chi connectivity index (χ2n) is 6.24. The molecule has 4 rings (SSSR count). The van der Waals surface area contributed by atoms with Crippen molar-refractivity contribution in [3.05, 3.63) is 83.4 Å². The van der Waals surface area contributed by atoms with Crippen LogP contribution < -0.4 is 4.31 Å². The third kappa shape index (κ3) is 2.87. The van der Waals surface area contributed by atoms with E-state index in [-0.39, 0.29) is 11.3 Å². The van der Waals surface area contributed by atoms with Gasteiger partial charge in [-0.05, 0) is 41.5 Å². The van der Waals surface area contributed by atoms with E-state index in [0.717, 1.165) is 16.7 Å². The van der Waals surface area contributed by atoms with Gasteiger partial charge in [-0.15, -0.1) is 0 Å². The molecule has 0 spiro atoms.